The Bertz CT molecular complexity index is 219. The first kappa shape index (κ1) is 10.1. The minimum Gasteiger partial charge on any atom is -0.300 e. The monoisotopic (exact) mass is 207 g/mol. The third-order valence-corrected chi connectivity index (χ3v) is 5.21. The van der Waals surface area contributed by atoms with Crippen LogP contribution in [0.1, 0.15) is 51.9 Å². The fourth-order valence-corrected chi connectivity index (χ4v) is 4.14. The summed E-state index contributed by atoms with van der Waals surface area (Å²) in [6.07, 6.45) is 10.5. The van der Waals surface area contributed by atoms with Crippen molar-refractivity contribution < 1.29 is 0 Å². The van der Waals surface area contributed by atoms with Crippen LogP contribution in [0.2, 0.25) is 0 Å². The van der Waals surface area contributed by atoms with Crippen LogP contribution in [0.15, 0.2) is 0 Å². The van der Waals surface area contributed by atoms with E-state index in [1.54, 1.807) is 12.8 Å². The van der Waals surface area contributed by atoms with E-state index in [0.717, 1.165) is 23.8 Å². The first-order chi connectivity index (χ1) is 7.36. The smallest absolute Gasteiger partial charge is 0.00985 e. The first-order valence-electron chi connectivity index (χ1n) is 7.11. The topological polar surface area (TPSA) is 3.24 Å². The summed E-state index contributed by atoms with van der Waals surface area (Å²) in [6, 6.07) is 0.967. The molecule has 3 heterocycles. The normalized spacial score (nSPS) is 48.2. The third-order valence-electron chi connectivity index (χ3n) is 5.21. The average Bonchev–Trinajstić information content (AvgIpc) is 2.54. The molecule has 0 aromatic carbocycles. The van der Waals surface area contributed by atoms with Crippen LogP contribution in [-0.4, -0.2) is 24.0 Å². The van der Waals surface area contributed by atoms with E-state index in [1.165, 1.54) is 45.2 Å². The van der Waals surface area contributed by atoms with Crippen molar-refractivity contribution in [3.63, 3.8) is 0 Å². The number of nitrogens with zero attached hydrogens (tertiary/aromatic N) is 1. The molecule has 2 unspecified atom stereocenters. The van der Waals surface area contributed by atoms with Gasteiger partial charge in [-0.25, -0.2) is 0 Å². The minimum absolute atomic E-state index is 0.967. The molecule has 3 saturated heterocycles. The third kappa shape index (κ3) is 1.84. The summed E-state index contributed by atoms with van der Waals surface area (Å²) in [4.78, 5) is 2.83. The Morgan fingerprint density at radius 1 is 1.13 bits per heavy atom. The molecule has 1 saturated carbocycles. The van der Waals surface area contributed by atoms with Crippen molar-refractivity contribution in [2.45, 2.75) is 57.9 Å². The van der Waals surface area contributed by atoms with Crippen molar-refractivity contribution in [3.05, 3.63) is 0 Å². The van der Waals surface area contributed by atoms with E-state index in [-0.39, 0.29) is 0 Å². The van der Waals surface area contributed by atoms with Crippen molar-refractivity contribution >= 4 is 0 Å². The molecule has 1 aliphatic carbocycles. The van der Waals surface area contributed by atoms with Crippen LogP contribution in [0.25, 0.3) is 0 Å². The summed E-state index contributed by atoms with van der Waals surface area (Å²) < 4.78 is 0. The maximum atomic E-state index is 2.83. The lowest BCUT2D eigenvalue weighted by molar-refractivity contribution is 0.0839. The molecule has 4 rings (SSSR count). The molecule has 1 nitrogen and oxygen atoms in total. The molecule has 0 radical (unpaired) electrons. The van der Waals surface area contributed by atoms with Gasteiger partial charge in [0.05, 0.1) is 0 Å². The van der Waals surface area contributed by atoms with Crippen LogP contribution < -0.4 is 0 Å². The summed E-state index contributed by atoms with van der Waals surface area (Å²) in [5.74, 6) is 3.33. The number of fused-ring (bicyclic) bond motifs is 1. The average molecular weight is 207 g/mol. The molecule has 3 aliphatic heterocycles. The number of rotatable bonds is 3. The Labute approximate surface area is 94.2 Å². The van der Waals surface area contributed by atoms with Crippen LogP contribution >= 0.6 is 0 Å². The highest BCUT2D eigenvalue weighted by Gasteiger charge is 2.43. The SMILES string of the molecule is CCCC[C@@H]1CC2CN1CCC1CC2C1. The van der Waals surface area contributed by atoms with E-state index >= 15 is 0 Å². The lowest BCUT2D eigenvalue weighted by Crippen LogP contribution is -2.38. The second kappa shape index (κ2) is 4.08. The molecule has 0 spiro atoms. The molecule has 4 fully saturated rings. The molecule has 0 aromatic rings. The molecule has 4 bridgehead atoms. The molecule has 0 aromatic heterocycles. The van der Waals surface area contributed by atoms with Crippen molar-refractivity contribution in [2.24, 2.45) is 17.8 Å². The van der Waals surface area contributed by atoms with Crippen LogP contribution in [0, 0.1) is 17.8 Å². The molecule has 0 N–H and O–H groups in total. The lowest BCUT2D eigenvalue weighted by Gasteiger charge is -2.42. The van der Waals surface area contributed by atoms with Gasteiger partial charge in [0.15, 0.2) is 0 Å². The molecule has 86 valence electrons. The number of unbranched alkanes of at least 4 members (excludes halogenated alkanes) is 1. The summed E-state index contributed by atoms with van der Waals surface area (Å²) >= 11 is 0. The van der Waals surface area contributed by atoms with E-state index in [4.69, 9.17) is 0 Å². The maximum absolute atomic E-state index is 2.83. The molecule has 3 atom stereocenters. The van der Waals surface area contributed by atoms with Gasteiger partial charge in [-0.1, -0.05) is 19.8 Å². The summed E-state index contributed by atoms with van der Waals surface area (Å²) in [6.45, 7) is 5.19. The molecular weight excluding hydrogens is 182 g/mol. The Kier molecular flexibility index (Phi) is 2.76. The largest absolute Gasteiger partial charge is 0.300 e. The van der Waals surface area contributed by atoms with Gasteiger partial charge in [0.2, 0.25) is 0 Å². The Hall–Kier alpha value is -0.0400. The van der Waals surface area contributed by atoms with Gasteiger partial charge < -0.3 is 4.90 Å². The maximum Gasteiger partial charge on any atom is 0.00985 e. The fourth-order valence-electron chi connectivity index (χ4n) is 4.14. The van der Waals surface area contributed by atoms with E-state index < -0.39 is 0 Å². The van der Waals surface area contributed by atoms with Gasteiger partial charge in [0.1, 0.15) is 0 Å². The predicted octanol–water partition coefficient (Wildman–Crippen LogP) is 3.30. The van der Waals surface area contributed by atoms with Crippen LogP contribution in [0.4, 0.5) is 0 Å². The highest BCUT2D eigenvalue weighted by Crippen LogP contribution is 2.48. The predicted molar refractivity (Wildman–Crippen MR) is 63.8 cm³/mol. The highest BCUT2D eigenvalue weighted by molar-refractivity contribution is 4.96. The van der Waals surface area contributed by atoms with Crippen LogP contribution in [0.3, 0.4) is 0 Å². The van der Waals surface area contributed by atoms with E-state index in [1.807, 2.05) is 0 Å². The first-order valence-corrected chi connectivity index (χ1v) is 7.11. The minimum atomic E-state index is 0.967. The van der Waals surface area contributed by atoms with Crippen LogP contribution in [-0.2, 0) is 0 Å². The highest BCUT2D eigenvalue weighted by atomic mass is 15.2. The van der Waals surface area contributed by atoms with Crippen molar-refractivity contribution in [2.75, 3.05) is 13.1 Å². The number of hydrogen-bond acceptors (Lipinski definition) is 1. The quantitative estimate of drug-likeness (QED) is 0.686. The van der Waals surface area contributed by atoms with E-state index in [0.29, 0.717) is 0 Å². The summed E-state index contributed by atoms with van der Waals surface area (Å²) in [5.41, 5.74) is 0. The van der Waals surface area contributed by atoms with Gasteiger partial charge in [0, 0.05) is 12.6 Å². The van der Waals surface area contributed by atoms with Gasteiger partial charge in [-0.15, -0.1) is 0 Å². The Morgan fingerprint density at radius 3 is 2.80 bits per heavy atom. The van der Waals surface area contributed by atoms with Crippen molar-refractivity contribution in [3.8, 4) is 0 Å². The van der Waals surface area contributed by atoms with Crippen molar-refractivity contribution in [1.82, 2.24) is 4.90 Å². The molecule has 4 aliphatic rings. The van der Waals surface area contributed by atoms with E-state index in [2.05, 4.69) is 11.8 Å². The Balaban J connectivity index is 1.63. The zero-order valence-electron chi connectivity index (χ0n) is 10.1. The zero-order valence-corrected chi connectivity index (χ0v) is 10.1. The number of hydrogen-bond donors (Lipinski definition) is 0. The van der Waals surface area contributed by atoms with Crippen molar-refractivity contribution in [1.29, 1.82) is 0 Å². The molecule has 0 amide bonds. The van der Waals surface area contributed by atoms with Gasteiger partial charge in [-0.2, -0.15) is 0 Å². The second-order valence-corrected chi connectivity index (χ2v) is 6.17. The van der Waals surface area contributed by atoms with Gasteiger partial charge in [0.25, 0.3) is 0 Å². The standard InChI is InChI=1S/C14H25N/c1-2-3-4-14-9-13-10-15(14)6-5-11-7-12(13)8-11/h11-14H,2-10H2,1H3/t11?,12?,13?,14-/m1/s1. The summed E-state index contributed by atoms with van der Waals surface area (Å²) in [7, 11) is 0. The van der Waals surface area contributed by atoms with E-state index in [9.17, 15) is 0 Å². The lowest BCUT2D eigenvalue weighted by atomic mass is 9.66. The van der Waals surface area contributed by atoms with Gasteiger partial charge >= 0.3 is 0 Å². The van der Waals surface area contributed by atoms with Gasteiger partial charge in [-0.3, -0.25) is 0 Å². The van der Waals surface area contributed by atoms with Crippen LogP contribution in [0.5, 0.6) is 0 Å². The summed E-state index contributed by atoms with van der Waals surface area (Å²) in [5, 5.41) is 0. The fraction of sp³-hybridized carbons (Fsp3) is 1.00. The molecular formula is C14H25N. The molecule has 15 heavy (non-hydrogen) atoms. The second-order valence-electron chi connectivity index (χ2n) is 6.17. The zero-order chi connectivity index (χ0) is 10.3. The Morgan fingerprint density at radius 2 is 2.00 bits per heavy atom. The molecule has 1 heteroatoms. The van der Waals surface area contributed by atoms with Gasteiger partial charge in [-0.05, 0) is 56.4 Å².